The number of benzene rings is 1. The highest BCUT2D eigenvalue weighted by Crippen LogP contribution is 2.26. The summed E-state index contributed by atoms with van der Waals surface area (Å²) < 4.78 is 10.6. The van der Waals surface area contributed by atoms with E-state index >= 15 is 0 Å². The minimum atomic E-state index is -0.360. The van der Waals surface area contributed by atoms with Crippen molar-refractivity contribution >= 4 is 17.7 Å². The Hall–Kier alpha value is -1.79. The number of hydrogen-bond acceptors (Lipinski definition) is 6. The normalized spacial score (nSPS) is 16.9. The van der Waals surface area contributed by atoms with Crippen LogP contribution in [0.1, 0.15) is 23.1 Å². The molecule has 1 atom stereocenters. The van der Waals surface area contributed by atoms with E-state index in [4.69, 9.17) is 9.26 Å². The number of hydrogen-bond donors (Lipinski definition) is 0. The zero-order chi connectivity index (χ0) is 16.1. The average molecular weight is 332 g/mol. The number of aromatic nitrogens is 1. The molecule has 0 spiro atoms. The van der Waals surface area contributed by atoms with E-state index in [1.165, 1.54) is 0 Å². The van der Waals surface area contributed by atoms with Gasteiger partial charge in [-0.25, -0.2) is 4.79 Å². The second kappa shape index (κ2) is 7.66. The summed E-state index contributed by atoms with van der Waals surface area (Å²) in [4.78, 5) is 14.9. The fourth-order valence-corrected chi connectivity index (χ4v) is 3.60. The Morgan fingerprint density at radius 2 is 2.09 bits per heavy atom. The molecule has 0 bridgehead atoms. The highest BCUT2D eigenvalue weighted by molar-refractivity contribution is 7.99. The molecule has 0 saturated carbocycles. The predicted molar refractivity (Wildman–Crippen MR) is 89.1 cm³/mol. The van der Waals surface area contributed by atoms with Gasteiger partial charge in [-0.05, 0) is 12.5 Å². The lowest BCUT2D eigenvalue weighted by molar-refractivity contribution is -0.152. The summed E-state index contributed by atoms with van der Waals surface area (Å²) in [7, 11) is 0. The Balaban J connectivity index is 1.72. The summed E-state index contributed by atoms with van der Waals surface area (Å²) in [5.41, 5.74) is 1.75. The number of rotatable bonds is 5. The number of thioether (sulfide) groups is 1. The van der Waals surface area contributed by atoms with Crippen LogP contribution < -0.4 is 0 Å². The fourth-order valence-electron chi connectivity index (χ4n) is 2.67. The first-order valence-electron chi connectivity index (χ1n) is 7.69. The van der Waals surface area contributed by atoms with Crippen molar-refractivity contribution in [1.82, 2.24) is 10.1 Å². The molecule has 6 heteroatoms. The SMILES string of the molecule is Cc1cc(COC(=O)[C@@H](c2ccccc2)N2CCSCC2)on1. The third-order valence-corrected chi connectivity index (χ3v) is 4.73. The van der Waals surface area contributed by atoms with E-state index in [1.54, 1.807) is 6.07 Å². The van der Waals surface area contributed by atoms with Gasteiger partial charge in [-0.2, -0.15) is 11.8 Å². The molecular formula is C17H20N2O3S. The van der Waals surface area contributed by atoms with E-state index in [2.05, 4.69) is 10.1 Å². The Morgan fingerprint density at radius 1 is 1.35 bits per heavy atom. The molecular weight excluding hydrogens is 312 g/mol. The van der Waals surface area contributed by atoms with Gasteiger partial charge in [0.15, 0.2) is 12.4 Å². The van der Waals surface area contributed by atoms with E-state index < -0.39 is 0 Å². The maximum atomic E-state index is 12.7. The molecule has 122 valence electrons. The zero-order valence-corrected chi connectivity index (χ0v) is 13.9. The molecule has 0 unspecified atom stereocenters. The smallest absolute Gasteiger partial charge is 0.328 e. The van der Waals surface area contributed by atoms with Crippen LogP contribution in [-0.2, 0) is 16.1 Å². The Bertz CT molecular complexity index is 638. The number of nitrogens with zero attached hydrogens (tertiary/aromatic N) is 2. The van der Waals surface area contributed by atoms with Crippen LogP contribution in [-0.4, -0.2) is 40.6 Å². The minimum Gasteiger partial charge on any atom is -0.456 e. The van der Waals surface area contributed by atoms with Gasteiger partial charge in [0, 0.05) is 30.7 Å². The van der Waals surface area contributed by atoms with Crippen molar-refractivity contribution in [2.75, 3.05) is 24.6 Å². The second-order valence-corrected chi connectivity index (χ2v) is 6.73. The quantitative estimate of drug-likeness (QED) is 0.785. The maximum Gasteiger partial charge on any atom is 0.328 e. The third kappa shape index (κ3) is 4.14. The Kier molecular flexibility index (Phi) is 5.35. The fraction of sp³-hybridized carbons (Fsp3) is 0.412. The van der Waals surface area contributed by atoms with Crippen LogP contribution in [0.4, 0.5) is 0 Å². The molecule has 0 aliphatic carbocycles. The standard InChI is InChI=1S/C17H20N2O3S/c1-13-11-15(22-18-13)12-21-17(20)16(14-5-3-2-4-6-14)19-7-9-23-10-8-19/h2-6,11,16H,7-10,12H2,1H3/t16-/m1/s1. The van der Waals surface area contributed by atoms with Gasteiger partial charge in [0.25, 0.3) is 0 Å². The molecule has 1 aromatic heterocycles. The summed E-state index contributed by atoms with van der Waals surface area (Å²) in [6.07, 6.45) is 0. The lowest BCUT2D eigenvalue weighted by atomic mass is 10.1. The van der Waals surface area contributed by atoms with Crippen LogP contribution in [0.3, 0.4) is 0 Å². The molecule has 5 nitrogen and oxygen atoms in total. The highest BCUT2D eigenvalue weighted by atomic mass is 32.2. The van der Waals surface area contributed by atoms with Gasteiger partial charge >= 0.3 is 5.97 Å². The average Bonchev–Trinajstić information content (AvgIpc) is 3.01. The summed E-state index contributed by atoms with van der Waals surface area (Å²) in [5.74, 6) is 2.41. The molecule has 1 aliphatic heterocycles. The molecule has 0 amide bonds. The number of esters is 1. The Labute approximate surface area is 140 Å². The van der Waals surface area contributed by atoms with Crippen LogP contribution in [0.15, 0.2) is 40.9 Å². The van der Waals surface area contributed by atoms with Crippen LogP contribution in [0, 0.1) is 6.92 Å². The Morgan fingerprint density at radius 3 is 2.74 bits per heavy atom. The highest BCUT2D eigenvalue weighted by Gasteiger charge is 2.30. The second-order valence-electron chi connectivity index (χ2n) is 5.50. The number of carbonyl (C=O) groups is 1. The summed E-state index contributed by atoms with van der Waals surface area (Å²) in [6.45, 7) is 3.74. The summed E-state index contributed by atoms with van der Waals surface area (Å²) in [5, 5.41) is 3.81. The first-order valence-corrected chi connectivity index (χ1v) is 8.85. The lowest BCUT2D eigenvalue weighted by Crippen LogP contribution is -2.40. The van der Waals surface area contributed by atoms with Gasteiger partial charge in [0.2, 0.25) is 0 Å². The maximum absolute atomic E-state index is 12.7. The molecule has 3 rings (SSSR count). The van der Waals surface area contributed by atoms with Gasteiger partial charge in [-0.15, -0.1) is 0 Å². The molecule has 1 aliphatic rings. The number of carbonyl (C=O) groups excluding carboxylic acids is 1. The molecule has 2 heterocycles. The van der Waals surface area contributed by atoms with Crippen molar-refractivity contribution < 1.29 is 14.1 Å². The van der Waals surface area contributed by atoms with E-state index in [9.17, 15) is 4.79 Å². The molecule has 1 saturated heterocycles. The van der Waals surface area contributed by atoms with Crippen molar-refractivity contribution in [1.29, 1.82) is 0 Å². The zero-order valence-electron chi connectivity index (χ0n) is 13.1. The van der Waals surface area contributed by atoms with Crippen molar-refractivity contribution in [3.63, 3.8) is 0 Å². The van der Waals surface area contributed by atoms with E-state index in [0.717, 1.165) is 35.9 Å². The van der Waals surface area contributed by atoms with Gasteiger partial charge in [0.1, 0.15) is 6.04 Å². The number of aryl methyl sites for hydroxylation is 1. The van der Waals surface area contributed by atoms with Gasteiger partial charge < -0.3 is 9.26 Å². The summed E-state index contributed by atoms with van der Waals surface area (Å²) >= 11 is 1.92. The van der Waals surface area contributed by atoms with Crippen LogP contribution in [0.5, 0.6) is 0 Å². The monoisotopic (exact) mass is 332 g/mol. The topological polar surface area (TPSA) is 55.6 Å². The largest absolute Gasteiger partial charge is 0.456 e. The first kappa shape index (κ1) is 16.1. The minimum absolute atomic E-state index is 0.117. The van der Waals surface area contributed by atoms with Crippen molar-refractivity contribution in [3.05, 3.63) is 53.4 Å². The van der Waals surface area contributed by atoms with Crippen LogP contribution >= 0.6 is 11.8 Å². The third-order valence-electron chi connectivity index (χ3n) is 3.78. The predicted octanol–water partition coefficient (Wildman–Crippen LogP) is 2.82. The molecule has 0 N–H and O–H groups in total. The van der Waals surface area contributed by atoms with Crippen LogP contribution in [0.2, 0.25) is 0 Å². The summed E-state index contributed by atoms with van der Waals surface area (Å²) in [6, 6.07) is 11.2. The molecule has 1 aromatic carbocycles. The molecule has 23 heavy (non-hydrogen) atoms. The van der Waals surface area contributed by atoms with E-state index in [0.29, 0.717) is 5.76 Å². The lowest BCUT2D eigenvalue weighted by Gasteiger charge is -2.32. The van der Waals surface area contributed by atoms with Gasteiger partial charge in [0.05, 0.1) is 5.69 Å². The van der Waals surface area contributed by atoms with E-state index in [-0.39, 0.29) is 18.6 Å². The molecule has 2 aromatic rings. The van der Waals surface area contributed by atoms with Crippen molar-refractivity contribution in [2.45, 2.75) is 19.6 Å². The first-order chi connectivity index (χ1) is 11.2. The molecule has 0 radical (unpaired) electrons. The van der Waals surface area contributed by atoms with E-state index in [1.807, 2.05) is 49.0 Å². The van der Waals surface area contributed by atoms with Crippen molar-refractivity contribution in [2.24, 2.45) is 0 Å². The van der Waals surface area contributed by atoms with Gasteiger partial charge in [-0.1, -0.05) is 35.5 Å². The number of ether oxygens (including phenoxy) is 1. The van der Waals surface area contributed by atoms with Gasteiger partial charge in [-0.3, -0.25) is 4.90 Å². The molecule has 1 fully saturated rings. The van der Waals surface area contributed by atoms with Crippen molar-refractivity contribution in [3.8, 4) is 0 Å². The van der Waals surface area contributed by atoms with Crippen LogP contribution in [0.25, 0.3) is 0 Å².